The number of carbonyl (C=O) groups excluding carboxylic acids is 1. The number of ether oxygens (including phenoxy) is 1. The number of thiophene rings is 1. The third-order valence-corrected chi connectivity index (χ3v) is 3.64. The Kier molecular flexibility index (Phi) is 6.21. The maximum Gasteiger partial charge on any atom is 0.341 e. The summed E-state index contributed by atoms with van der Waals surface area (Å²) in [6.07, 6.45) is 0. The van der Waals surface area contributed by atoms with E-state index in [1.54, 1.807) is 11.3 Å². The zero-order valence-corrected chi connectivity index (χ0v) is 12.4. The molecule has 0 saturated heterocycles. The van der Waals surface area contributed by atoms with Crippen LogP contribution in [0.2, 0.25) is 0 Å². The second kappa shape index (κ2) is 8.41. The second-order valence-electron chi connectivity index (χ2n) is 4.40. The Morgan fingerprint density at radius 3 is 2.76 bits per heavy atom. The lowest BCUT2D eigenvalue weighted by Crippen LogP contribution is -2.39. The quantitative estimate of drug-likeness (QED) is 0.470. The van der Waals surface area contributed by atoms with E-state index < -0.39 is 6.03 Å². The van der Waals surface area contributed by atoms with Gasteiger partial charge >= 0.3 is 6.03 Å². The number of hydrogen-bond acceptors (Lipinski definition) is 4. The van der Waals surface area contributed by atoms with Crippen LogP contribution in [-0.2, 0) is 17.9 Å². The van der Waals surface area contributed by atoms with E-state index in [0.717, 1.165) is 10.4 Å². The van der Waals surface area contributed by atoms with Crippen molar-refractivity contribution < 1.29 is 14.7 Å². The average Bonchev–Trinajstić information content (AvgIpc) is 3.03. The molecule has 1 aromatic carbocycles. The molecule has 5 nitrogen and oxygen atoms in total. The minimum absolute atomic E-state index is 0.131. The van der Waals surface area contributed by atoms with E-state index in [0.29, 0.717) is 18.2 Å². The molecule has 21 heavy (non-hydrogen) atoms. The summed E-state index contributed by atoms with van der Waals surface area (Å²) in [6, 6.07) is 12.9. The van der Waals surface area contributed by atoms with Crippen molar-refractivity contribution >= 4 is 17.4 Å². The van der Waals surface area contributed by atoms with Crippen LogP contribution in [0.15, 0.2) is 47.8 Å². The normalized spacial score (nSPS) is 10.3. The number of nitrogens with one attached hydrogen (secondary N) is 1. The number of hydrogen-bond donors (Lipinski definition) is 2. The fraction of sp³-hybridized carbons (Fsp3) is 0.267. The summed E-state index contributed by atoms with van der Waals surface area (Å²) in [5.41, 5.74) is 0.980. The molecule has 1 aromatic heterocycles. The van der Waals surface area contributed by atoms with Crippen molar-refractivity contribution in [3.8, 4) is 0 Å². The van der Waals surface area contributed by atoms with Gasteiger partial charge in [-0.1, -0.05) is 36.4 Å². The summed E-state index contributed by atoms with van der Waals surface area (Å²) in [4.78, 5) is 12.8. The van der Waals surface area contributed by atoms with Gasteiger partial charge in [-0.05, 0) is 17.0 Å². The highest BCUT2D eigenvalue weighted by Gasteiger charge is 2.09. The van der Waals surface area contributed by atoms with Crippen molar-refractivity contribution in [2.75, 3.05) is 13.2 Å². The number of urea groups is 1. The van der Waals surface area contributed by atoms with Gasteiger partial charge in [0.15, 0.2) is 0 Å². The second-order valence-corrected chi connectivity index (χ2v) is 5.43. The zero-order valence-electron chi connectivity index (χ0n) is 11.6. The van der Waals surface area contributed by atoms with Crippen LogP contribution < -0.4 is 5.32 Å². The highest BCUT2D eigenvalue weighted by molar-refractivity contribution is 7.09. The monoisotopic (exact) mass is 306 g/mol. The van der Waals surface area contributed by atoms with E-state index in [9.17, 15) is 10.0 Å². The third kappa shape index (κ3) is 5.55. The van der Waals surface area contributed by atoms with Crippen LogP contribution in [0.5, 0.6) is 0 Å². The molecule has 2 amide bonds. The number of benzene rings is 1. The summed E-state index contributed by atoms with van der Waals surface area (Å²) >= 11 is 1.61. The molecule has 6 heteroatoms. The fourth-order valence-corrected chi connectivity index (χ4v) is 2.33. The van der Waals surface area contributed by atoms with Crippen molar-refractivity contribution in [2.45, 2.75) is 13.2 Å². The molecule has 0 spiro atoms. The van der Waals surface area contributed by atoms with Gasteiger partial charge in [0.2, 0.25) is 0 Å². The molecule has 0 bridgehead atoms. The minimum atomic E-state index is -0.529. The van der Waals surface area contributed by atoms with E-state index in [2.05, 4.69) is 5.32 Å². The van der Waals surface area contributed by atoms with Crippen molar-refractivity contribution in [1.29, 1.82) is 0 Å². The topological polar surface area (TPSA) is 61.8 Å². The molecule has 2 aromatic rings. The molecular formula is C15H18N2O3S. The predicted molar refractivity (Wildman–Crippen MR) is 81.1 cm³/mol. The lowest BCUT2D eigenvalue weighted by atomic mass is 10.2. The van der Waals surface area contributed by atoms with Gasteiger partial charge in [0.1, 0.15) is 0 Å². The van der Waals surface area contributed by atoms with Crippen molar-refractivity contribution in [3.05, 3.63) is 58.3 Å². The molecule has 0 unspecified atom stereocenters. The summed E-state index contributed by atoms with van der Waals surface area (Å²) in [5.74, 6) is 0. The molecule has 0 atom stereocenters. The van der Waals surface area contributed by atoms with Crippen molar-refractivity contribution in [1.82, 2.24) is 10.4 Å². The maximum absolute atomic E-state index is 11.7. The highest BCUT2D eigenvalue weighted by atomic mass is 32.1. The Morgan fingerprint density at radius 2 is 2.05 bits per heavy atom. The zero-order chi connectivity index (χ0) is 14.9. The number of hydroxylamine groups is 2. The lowest BCUT2D eigenvalue weighted by Gasteiger charge is -2.15. The Bertz CT molecular complexity index is 531. The van der Waals surface area contributed by atoms with E-state index in [1.165, 1.54) is 0 Å². The molecule has 112 valence electrons. The smallest absolute Gasteiger partial charge is 0.341 e. The first-order valence-corrected chi connectivity index (χ1v) is 7.52. The van der Waals surface area contributed by atoms with Crippen LogP contribution in [0.25, 0.3) is 0 Å². The van der Waals surface area contributed by atoms with Crippen LogP contribution in [0.3, 0.4) is 0 Å². The summed E-state index contributed by atoms with van der Waals surface area (Å²) in [7, 11) is 0. The Balaban J connectivity index is 1.61. The van der Waals surface area contributed by atoms with Gasteiger partial charge in [-0.2, -0.15) is 0 Å². The molecule has 0 radical (unpaired) electrons. The van der Waals surface area contributed by atoms with Crippen LogP contribution in [0.4, 0.5) is 4.79 Å². The number of amides is 2. The minimum Gasteiger partial charge on any atom is -0.374 e. The molecule has 0 fully saturated rings. The van der Waals surface area contributed by atoms with Gasteiger partial charge in [0.25, 0.3) is 0 Å². The van der Waals surface area contributed by atoms with E-state index in [-0.39, 0.29) is 13.2 Å². The first kappa shape index (κ1) is 15.5. The molecule has 2 N–H and O–H groups in total. The molecule has 0 aliphatic rings. The highest BCUT2D eigenvalue weighted by Crippen LogP contribution is 2.09. The largest absolute Gasteiger partial charge is 0.374 e. The first-order valence-electron chi connectivity index (χ1n) is 6.64. The standard InChI is InChI=1S/C15H18N2O3S/c18-15(16-11-13-5-2-1-3-6-13)17(19)8-9-20-12-14-7-4-10-21-14/h1-7,10,19H,8-9,11-12H2,(H,16,18). The molecular weight excluding hydrogens is 288 g/mol. The Morgan fingerprint density at radius 1 is 1.24 bits per heavy atom. The van der Waals surface area contributed by atoms with Gasteiger partial charge < -0.3 is 10.1 Å². The van der Waals surface area contributed by atoms with Crippen LogP contribution in [0, 0.1) is 0 Å². The number of rotatable bonds is 7. The predicted octanol–water partition coefficient (Wildman–Crippen LogP) is 2.87. The van der Waals surface area contributed by atoms with Gasteiger partial charge in [-0.15, -0.1) is 11.3 Å². The molecule has 0 aliphatic heterocycles. The number of nitrogens with zero attached hydrogens (tertiary/aromatic N) is 1. The van der Waals surface area contributed by atoms with Crippen molar-refractivity contribution in [2.24, 2.45) is 0 Å². The maximum atomic E-state index is 11.7. The molecule has 1 heterocycles. The van der Waals surface area contributed by atoms with Gasteiger partial charge in [0, 0.05) is 11.4 Å². The fourth-order valence-electron chi connectivity index (χ4n) is 1.68. The summed E-state index contributed by atoms with van der Waals surface area (Å²) in [5, 5.41) is 14.8. The van der Waals surface area contributed by atoms with Crippen LogP contribution >= 0.6 is 11.3 Å². The van der Waals surface area contributed by atoms with Gasteiger partial charge in [0.05, 0.1) is 19.8 Å². The number of carbonyl (C=O) groups is 1. The lowest BCUT2D eigenvalue weighted by molar-refractivity contribution is -0.0612. The van der Waals surface area contributed by atoms with Crippen LogP contribution in [-0.4, -0.2) is 29.5 Å². The van der Waals surface area contributed by atoms with Gasteiger partial charge in [-0.3, -0.25) is 5.21 Å². The summed E-state index contributed by atoms with van der Waals surface area (Å²) in [6.45, 7) is 1.29. The molecule has 0 saturated carbocycles. The average molecular weight is 306 g/mol. The van der Waals surface area contributed by atoms with E-state index in [1.807, 2.05) is 47.8 Å². The first-order chi connectivity index (χ1) is 10.3. The van der Waals surface area contributed by atoms with E-state index in [4.69, 9.17) is 4.74 Å². The van der Waals surface area contributed by atoms with Gasteiger partial charge in [-0.25, -0.2) is 9.86 Å². The molecule has 0 aliphatic carbocycles. The summed E-state index contributed by atoms with van der Waals surface area (Å²) < 4.78 is 5.39. The van der Waals surface area contributed by atoms with E-state index >= 15 is 0 Å². The third-order valence-electron chi connectivity index (χ3n) is 2.79. The SMILES string of the molecule is O=C(NCc1ccccc1)N(O)CCOCc1cccs1. The Hall–Kier alpha value is -1.89. The Labute approximate surface area is 127 Å². The van der Waals surface area contributed by atoms with Crippen molar-refractivity contribution in [3.63, 3.8) is 0 Å². The van der Waals surface area contributed by atoms with Crippen LogP contribution in [0.1, 0.15) is 10.4 Å². The molecule has 2 rings (SSSR count).